The molecule has 0 amide bonds. The third-order valence-electron chi connectivity index (χ3n) is 3.54. The number of ether oxygens (including phenoxy) is 3. The maximum atomic E-state index is 12.2. The van der Waals surface area contributed by atoms with Gasteiger partial charge < -0.3 is 14.2 Å². The van der Waals surface area contributed by atoms with Gasteiger partial charge in [-0.3, -0.25) is 0 Å². The van der Waals surface area contributed by atoms with E-state index in [-0.39, 0.29) is 6.61 Å². The van der Waals surface area contributed by atoms with E-state index in [4.69, 9.17) is 14.2 Å². The average molecular weight is 298 g/mol. The van der Waals surface area contributed by atoms with Crippen molar-refractivity contribution in [3.63, 3.8) is 0 Å². The first-order valence-corrected chi connectivity index (χ1v) is 7.33. The van der Waals surface area contributed by atoms with Crippen LogP contribution in [0.2, 0.25) is 0 Å². The summed E-state index contributed by atoms with van der Waals surface area (Å²) in [5, 5.41) is 0. The van der Waals surface area contributed by atoms with Gasteiger partial charge in [-0.1, -0.05) is 38.1 Å². The Morgan fingerprint density at radius 1 is 1.09 bits per heavy atom. The second-order valence-corrected chi connectivity index (χ2v) is 5.51. The standard InChI is InChI=1S/C18H18O4/c1-12(2)13-7-9-14(10-8-13)21-18(19)17-11-20-15-5-3-4-6-16(15)22-17/h3-10,12,17H,11H2,1-2H3. The molecule has 4 heteroatoms. The van der Waals surface area contributed by atoms with Crippen molar-refractivity contribution in [2.45, 2.75) is 25.9 Å². The maximum absolute atomic E-state index is 12.2. The molecule has 0 fully saturated rings. The molecule has 22 heavy (non-hydrogen) atoms. The quantitative estimate of drug-likeness (QED) is 0.642. The molecular formula is C18H18O4. The zero-order chi connectivity index (χ0) is 15.5. The van der Waals surface area contributed by atoms with Crippen LogP contribution in [-0.2, 0) is 4.79 Å². The largest absolute Gasteiger partial charge is 0.485 e. The maximum Gasteiger partial charge on any atom is 0.356 e. The SMILES string of the molecule is CC(C)c1ccc(OC(=O)C2COc3ccccc3O2)cc1. The molecule has 1 aliphatic rings. The highest BCUT2D eigenvalue weighted by Gasteiger charge is 2.29. The van der Waals surface area contributed by atoms with E-state index in [9.17, 15) is 4.79 Å². The van der Waals surface area contributed by atoms with Crippen LogP contribution in [0, 0.1) is 0 Å². The highest BCUT2D eigenvalue weighted by atomic mass is 16.6. The van der Waals surface area contributed by atoms with Gasteiger partial charge in [0.15, 0.2) is 11.5 Å². The zero-order valence-corrected chi connectivity index (χ0v) is 12.6. The lowest BCUT2D eigenvalue weighted by atomic mass is 10.0. The molecule has 1 unspecified atom stereocenters. The van der Waals surface area contributed by atoms with Gasteiger partial charge in [0.2, 0.25) is 6.10 Å². The van der Waals surface area contributed by atoms with Gasteiger partial charge in [0.25, 0.3) is 0 Å². The predicted molar refractivity (Wildman–Crippen MR) is 82.5 cm³/mol. The molecule has 3 rings (SSSR count). The van der Waals surface area contributed by atoms with E-state index in [1.807, 2.05) is 30.3 Å². The van der Waals surface area contributed by atoms with Gasteiger partial charge in [0.05, 0.1) is 0 Å². The summed E-state index contributed by atoms with van der Waals surface area (Å²) in [7, 11) is 0. The monoisotopic (exact) mass is 298 g/mol. The lowest BCUT2D eigenvalue weighted by Gasteiger charge is -2.24. The Bertz CT molecular complexity index is 661. The molecule has 0 radical (unpaired) electrons. The molecule has 0 saturated heterocycles. The van der Waals surface area contributed by atoms with E-state index in [1.54, 1.807) is 18.2 Å². The van der Waals surface area contributed by atoms with Crippen molar-refractivity contribution in [1.29, 1.82) is 0 Å². The van der Waals surface area contributed by atoms with Gasteiger partial charge in [-0.15, -0.1) is 0 Å². The molecule has 0 aliphatic carbocycles. The summed E-state index contributed by atoms with van der Waals surface area (Å²) in [4.78, 5) is 12.2. The van der Waals surface area contributed by atoms with Crippen molar-refractivity contribution in [2.24, 2.45) is 0 Å². The van der Waals surface area contributed by atoms with Crippen LogP contribution in [0.4, 0.5) is 0 Å². The molecule has 1 aliphatic heterocycles. The summed E-state index contributed by atoms with van der Waals surface area (Å²) in [6.45, 7) is 4.39. The number of hydrogen-bond donors (Lipinski definition) is 0. The van der Waals surface area contributed by atoms with E-state index in [0.717, 1.165) is 0 Å². The third kappa shape index (κ3) is 3.06. The minimum absolute atomic E-state index is 0.153. The summed E-state index contributed by atoms with van der Waals surface area (Å²) in [5.74, 6) is 1.71. The molecule has 1 atom stereocenters. The summed E-state index contributed by atoms with van der Waals surface area (Å²) in [6, 6.07) is 14.8. The highest BCUT2D eigenvalue weighted by molar-refractivity contribution is 5.78. The van der Waals surface area contributed by atoms with Gasteiger partial charge >= 0.3 is 5.97 Å². The van der Waals surface area contributed by atoms with Gasteiger partial charge in [-0.2, -0.15) is 0 Å². The smallest absolute Gasteiger partial charge is 0.356 e. The van der Waals surface area contributed by atoms with Crippen LogP contribution < -0.4 is 14.2 Å². The van der Waals surface area contributed by atoms with E-state index >= 15 is 0 Å². The number of para-hydroxylation sites is 2. The number of rotatable bonds is 3. The molecule has 0 saturated carbocycles. The Hall–Kier alpha value is -2.49. The third-order valence-corrected chi connectivity index (χ3v) is 3.54. The van der Waals surface area contributed by atoms with Gasteiger partial charge in [-0.05, 0) is 35.7 Å². The van der Waals surface area contributed by atoms with Gasteiger partial charge in [0.1, 0.15) is 12.4 Å². The molecule has 114 valence electrons. The lowest BCUT2D eigenvalue weighted by Crippen LogP contribution is -2.39. The van der Waals surface area contributed by atoms with Crippen LogP contribution in [0.25, 0.3) is 0 Å². The minimum Gasteiger partial charge on any atom is -0.485 e. The van der Waals surface area contributed by atoms with Gasteiger partial charge in [-0.25, -0.2) is 4.79 Å². The molecule has 4 nitrogen and oxygen atoms in total. The van der Waals surface area contributed by atoms with E-state index < -0.39 is 12.1 Å². The number of fused-ring (bicyclic) bond motifs is 1. The first kappa shape index (κ1) is 14.4. The zero-order valence-electron chi connectivity index (χ0n) is 12.6. The Kier molecular flexibility index (Phi) is 4.00. The second-order valence-electron chi connectivity index (χ2n) is 5.51. The first-order valence-electron chi connectivity index (χ1n) is 7.33. The van der Waals surface area contributed by atoms with Crippen molar-refractivity contribution >= 4 is 5.97 Å². The van der Waals surface area contributed by atoms with Crippen LogP contribution >= 0.6 is 0 Å². The normalized spacial score (nSPS) is 16.4. The summed E-state index contributed by atoms with van der Waals surface area (Å²) in [6.07, 6.45) is -0.750. The fourth-order valence-corrected chi connectivity index (χ4v) is 2.24. The molecule has 1 heterocycles. The van der Waals surface area contributed by atoms with Crippen LogP contribution in [0.5, 0.6) is 17.2 Å². The highest BCUT2D eigenvalue weighted by Crippen LogP contribution is 2.31. The van der Waals surface area contributed by atoms with Crippen molar-refractivity contribution in [2.75, 3.05) is 6.61 Å². The minimum atomic E-state index is -0.750. The number of carbonyl (C=O) groups is 1. The molecule has 2 aromatic carbocycles. The van der Waals surface area contributed by atoms with E-state index in [0.29, 0.717) is 23.2 Å². The molecule has 0 bridgehead atoms. The van der Waals surface area contributed by atoms with Crippen molar-refractivity contribution < 1.29 is 19.0 Å². The van der Waals surface area contributed by atoms with Crippen LogP contribution in [-0.4, -0.2) is 18.7 Å². The summed E-state index contributed by atoms with van der Waals surface area (Å²) < 4.78 is 16.5. The predicted octanol–water partition coefficient (Wildman–Crippen LogP) is 3.56. The molecule has 0 N–H and O–H groups in total. The first-order chi connectivity index (χ1) is 10.6. The van der Waals surface area contributed by atoms with Crippen LogP contribution in [0.3, 0.4) is 0 Å². The summed E-state index contributed by atoms with van der Waals surface area (Å²) >= 11 is 0. The number of hydrogen-bond acceptors (Lipinski definition) is 4. The number of carbonyl (C=O) groups excluding carboxylic acids is 1. The van der Waals surface area contributed by atoms with E-state index in [2.05, 4.69) is 13.8 Å². The molecule has 0 spiro atoms. The Labute approximate surface area is 129 Å². The molecular weight excluding hydrogens is 280 g/mol. The van der Waals surface area contributed by atoms with Crippen LogP contribution in [0.1, 0.15) is 25.3 Å². The summed E-state index contributed by atoms with van der Waals surface area (Å²) in [5.41, 5.74) is 1.20. The van der Waals surface area contributed by atoms with Crippen molar-refractivity contribution in [3.05, 3.63) is 54.1 Å². The Morgan fingerprint density at radius 3 is 2.45 bits per heavy atom. The topological polar surface area (TPSA) is 44.8 Å². The Balaban J connectivity index is 1.65. The number of esters is 1. The van der Waals surface area contributed by atoms with Crippen molar-refractivity contribution in [1.82, 2.24) is 0 Å². The van der Waals surface area contributed by atoms with Crippen LogP contribution in [0.15, 0.2) is 48.5 Å². The average Bonchev–Trinajstić information content (AvgIpc) is 2.55. The lowest BCUT2D eigenvalue weighted by molar-refractivity contribution is -0.144. The number of benzene rings is 2. The fourth-order valence-electron chi connectivity index (χ4n) is 2.24. The second kappa shape index (κ2) is 6.10. The van der Waals surface area contributed by atoms with Crippen molar-refractivity contribution in [3.8, 4) is 17.2 Å². The molecule has 0 aromatic heterocycles. The van der Waals surface area contributed by atoms with E-state index in [1.165, 1.54) is 5.56 Å². The van der Waals surface area contributed by atoms with Gasteiger partial charge in [0, 0.05) is 0 Å². The molecule has 2 aromatic rings. The fraction of sp³-hybridized carbons (Fsp3) is 0.278. The Morgan fingerprint density at radius 2 is 1.77 bits per heavy atom.